The number of benzene rings is 1. The predicted molar refractivity (Wildman–Crippen MR) is 107 cm³/mol. The van der Waals surface area contributed by atoms with E-state index in [9.17, 15) is 19.2 Å². The highest BCUT2D eigenvalue weighted by Crippen LogP contribution is 2.31. The van der Waals surface area contributed by atoms with Gasteiger partial charge in [0.05, 0.1) is 16.6 Å². The standard InChI is InChI=1S/C21H26N4O4/c1-21(2,3)24-10-8-23(9-11-24)13-4-5-14-15(12-13)20(29)25(19(14)28)16-6-7-17(26)22-18(16)27/h4-5,12,16H,6-11H2,1-3H3,(H,22,26,27)/t16-/m1/s1/i8D2,9D2,10D2,11D2. The summed E-state index contributed by atoms with van der Waals surface area (Å²) in [6.07, 6.45) is -0.166. The van der Waals surface area contributed by atoms with E-state index in [0.717, 1.165) is 18.2 Å². The van der Waals surface area contributed by atoms with Crippen LogP contribution in [0.1, 0.15) is 65.3 Å². The third kappa shape index (κ3) is 3.42. The zero-order chi connectivity index (χ0) is 28.1. The van der Waals surface area contributed by atoms with Crippen molar-refractivity contribution in [2.24, 2.45) is 0 Å². The number of rotatable bonds is 2. The second kappa shape index (κ2) is 6.95. The number of carbonyl (C=O) groups excluding carboxylic acids is 4. The molecule has 3 aliphatic rings. The fraction of sp³-hybridized carbons (Fsp3) is 0.524. The summed E-state index contributed by atoms with van der Waals surface area (Å²) in [5.74, 6) is -3.10. The third-order valence-corrected chi connectivity index (χ3v) is 4.90. The van der Waals surface area contributed by atoms with Crippen LogP contribution in [-0.4, -0.2) is 71.0 Å². The van der Waals surface area contributed by atoms with Crippen molar-refractivity contribution < 1.29 is 30.1 Å². The quantitative estimate of drug-likeness (QED) is 0.738. The first kappa shape index (κ1) is 12.1. The largest absolute Gasteiger partial charge is 0.369 e. The van der Waals surface area contributed by atoms with E-state index in [1.165, 1.54) is 20.8 Å². The highest BCUT2D eigenvalue weighted by Gasteiger charge is 2.44. The van der Waals surface area contributed by atoms with E-state index >= 15 is 0 Å². The lowest BCUT2D eigenvalue weighted by atomic mass is 10.0. The van der Waals surface area contributed by atoms with Crippen molar-refractivity contribution in [2.45, 2.75) is 45.2 Å². The minimum atomic E-state index is -3.15. The van der Waals surface area contributed by atoms with Crippen LogP contribution in [0.2, 0.25) is 0 Å². The summed E-state index contributed by atoms with van der Waals surface area (Å²) in [4.78, 5) is 51.5. The summed E-state index contributed by atoms with van der Waals surface area (Å²) in [6, 6.07) is 1.98. The number of nitrogens with zero attached hydrogens (tertiary/aromatic N) is 3. The number of anilines is 1. The van der Waals surface area contributed by atoms with Crippen LogP contribution in [-0.2, 0) is 9.59 Å². The number of piperidine rings is 1. The molecule has 0 radical (unpaired) electrons. The number of imide groups is 2. The highest BCUT2D eigenvalue weighted by molar-refractivity contribution is 6.23. The first-order valence-corrected chi connectivity index (χ1v) is 9.15. The van der Waals surface area contributed by atoms with Gasteiger partial charge >= 0.3 is 0 Å². The maximum Gasteiger partial charge on any atom is 0.262 e. The zero-order valence-corrected chi connectivity index (χ0v) is 16.2. The van der Waals surface area contributed by atoms with Crippen LogP contribution in [0, 0.1) is 0 Å². The summed E-state index contributed by atoms with van der Waals surface area (Å²) in [7, 11) is 0. The van der Waals surface area contributed by atoms with Crippen LogP contribution in [0.3, 0.4) is 0 Å². The minimum absolute atomic E-state index is 0.0801. The Labute approximate surface area is 181 Å². The maximum absolute atomic E-state index is 13.2. The van der Waals surface area contributed by atoms with Gasteiger partial charge in [-0.1, -0.05) is 0 Å². The molecule has 1 aromatic rings. The van der Waals surface area contributed by atoms with Crippen LogP contribution >= 0.6 is 0 Å². The van der Waals surface area contributed by atoms with Crippen LogP contribution in [0.5, 0.6) is 0 Å². The lowest BCUT2D eigenvalue weighted by Gasteiger charge is -2.43. The van der Waals surface area contributed by atoms with Crippen molar-refractivity contribution in [3.63, 3.8) is 0 Å². The molecule has 29 heavy (non-hydrogen) atoms. The number of nitrogens with one attached hydrogen (secondary N) is 1. The minimum Gasteiger partial charge on any atom is -0.369 e. The molecule has 4 rings (SSSR count). The molecule has 4 amide bonds. The van der Waals surface area contributed by atoms with Gasteiger partial charge in [0, 0.05) is 49.1 Å². The van der Waals surface area contributed by atoms with E-state index in [1.54, 1.807) is 0 Å². The molecular formula is C21H26N4O4. The van der Waals surface area contributed by atoms with Crippen molar-refractivity contribution in [1.82, 2.24) is 15.1 Å². The van der Waals surface area contributed by atoms with Crippen molar-refractivity contribution in [3.05, 3.63) is 29.3 Å². The highest BCUT2D eigenvalue weighted by atomic mass is 16.2. The fourth-order valence-corrected chi connectivity index (χ4v) is 3.32. The van der Waals surface area contributed by atoms with E-state index in [2.05, 4.69) is 5.32 Å². The predicted octanol–water partition coefficient (Wildman–Crippen LogP) is 1.01. The molecule has 0 saturated carbocycles. The summed E-state index contributed by atoms with van der Waals surface area (Å²) < 4.78 is 68.7. The molecule has 8 nitrogen and oxygen atoms in total. The normalized spacial score (nSPS) is 34.5. The smallest absolute Gasteiger partial charge is 0.262 e. The van der Waals surface area contributed by atoms with Gasteiger partial charge in [-0.3, -0.25) is 34.3 Å². The Balaban J connectivity index is 1.82. The Bertz CT molecular complexity index is 1200. The van der Waals surface area contributed by atoms with Gasteiger partial charge in [0.2, 0.25) is 11.8 Å². The molecule has 0 aliphatic carbocycles. The van der Waals surface area contributed by atoms with Gasteiger partial charge in [0.15, 0.2) is 0 Å². The van der Waals surface area contributed by atoms with Crippen molar-refractivity contribution in [1.29, 1.82) is 0 Å². The number of hydrogen-bond donors (Lipinski definition) is 1. The van der Waals surface area contributed by atoms with Crippen LogP contribution in [0.4, 0.5) is 5.69 Å². The monoisotopic (exact) mass is 406 g/mol. The van der Waals surface area contributed by atoms with Crippen LogP contribution in [0.25, 0.3) is 0 Å². The molecule has 0 spiro atoms. The van der Waals surface area contributed by atoms with Gasteiger partial charge in [0.1, 0.15) is 6.04 Å². The number of fused-ring (bicyclic) bond motifs is 1. The Morgan fingerprint density at radius 3 is 2.28 bits per heavy atom. The number of piperazine rings is 1. The summed E-state index contributed by atoms with van der Waals surface area (Å²) in [6.45, 7) is -8.11. The van der Waals surface area contributed by atoms with Crippen LogP contribution in [0.15, 0.2) is 18.2 Å². The molecule has 0 bridgehead atoms. The molecule has 2 fully saturated rings. The topological polar surface area (TPSA) is 90.0 Å². The molecule has 0 unspecified atom stereocenters. The number of hydrogen-bond acceptors (Lipinski definition) is 6. The van der Waals surface area contributed by atoms with E-state index < -0.39 is 61.2 Å². The molecule has 2 saturated heterocycles. The molecule has 3 aliphatic heterocycles. The molecule has 3 heterocycles. The Kier molecular flexibility index (Phi) is 2.89. The molecule has 154 valence electrons. The number of amides is 4. The summed E-state index contributed by atoms with van der Waals surface area (Å²) >= 11 is 0. The molecule has 1 atom stereocenters. The van der Waals surface area contributed by atoms with Gasteiger partial charge in [-0.15, -0.1) is 0 Å². The molecule has 8 heteroatoms. The molecule has 1 aromatic carbocycles. The van der Waals surface area contributed by atoms with Gasteiger partial charge in [-0.2, -0.15) is 0 Å². The Hall–Kier alpha value is -2.74. The van der Waals surface area contributed by atoms with Gasteiger partial charge in [-0.05, 0) is 45.4 Å². The average molecular weight is 407 g/mol. The number of carbonyl (C=O) groups is 4. The van der Waals surface area contributed by atoms with E-state index in [0.29, 0.717) is 14.7 Å². The third-order valence-electron chi connectivity index (χ3n) is 4.90. The van der Waals surface area contributed by atoms with Crippen LogP contribution < -0.4 is 10.2 Å². The second-order valence-electron chi connectivity index (χ2n) is 7.97. The lowest BCUT2D eigenvalue weighted by molar-refractivity contribution is -0.136. The SMILES string of the molecule is [2H]C1([2H])N(c2ccc3c(c2)C(=O)N([C@@H]2CCC(=O)NC2=O)C3=O)C([2H])([2H])C([2H])([2H])N(C(C)(C)C)C1([2H])[2H]. The average Bonchev–Trinajstić information content (AvgIpc) is 2.95. The van der Waals surface area contributed by atoms with Gasteiger partial charge in [0.25, 0.3) is 11.8 Å². The van der Waals surface area contributed by atoms with Gasteiger partial charge < -0.3 is 4.90 Å². The van der Waals surface area contributed by atoms with Crippen molar-refractivity contribution >= 4 is 29.3 Å². The van der Waals surface area contributed by atoms with E-state index in [1.807, 2.05) is 0 Å². The van der Waals surface area contributed by atoms with Crippen molar-refractivity contribution in [3.8, 4) is 0 Å². The second-order valence-corrected chi connectivity index (χ2v) is 7.97. The maximum atomic E-state index is 13.2. The zero-order valence-electron chi connectivity index (χ0n) is 24.2. The van der Waals surface area contributed by atoms with Gasteiger partial charge in [-0.25, -0.2) is 0 Å². The fourth-order valence-electron chi connectivity index (χ4n) is 3.32. The molecule has 0 aromatic heterocycles. The van der Waals surface area contributed by atoms with E-state index in [4.69, 9.17) is 11.0 Å². The summed E-state index contributed by atoms with van der Waals surface area (Å²) in [5, 5.41) is 2.07. The first-order chi connectivity index (χ1) is 16.7. The first-order valence-electron chi connectivity index (χ1n) is 13.2. The Morgan fingerprint density at radius 1 is 1.00 bits per heavy atom. The summed E-state index contributed by atoms with van der Waals surface area (Å²) in [5.41, 5.74) is -2.12. The molecular weight excluding hydrogens is 372 g/mol. The Morgan fingerprint density at radius 2 is 1.66 bits per heavy atom. The molecule has 1 N–H and O–H groups in total. The van der Waals surface area contributed by atoms with E-state index in [-0.39, 0.29) is 29.7 Å². The lowest BCUT2D eigenvalue weighted by Crippen LogP contribution is -2.54. The van der Waals surface area contributed by atoms with Crippen molar-refractivity contribution in [2.75, 3.05) is 30.9 Å².